The van der Waals surface area contributed by atoms with Crippen molar-refractivity contribution in [1.29, 1.82) is 0 Å². The van der Waals surface area contributed by atoms with Crippen molar-refractivity contribution in [3.63, 3.8) is 0 Å². The van der Waals surface area contributed by atoms with Crippen LogP contribution in [-0.2, 0) is 4.74 Å². The SMILES string of the molecule is COC(=O)c1ccc(O)c([C@H](C)N)c1. The van der Waals surface area contributed by atoms with Gasteiger partial charge in [0, 0.05) is 11.6 Å². The second-order valence-corrected chi connectivity index (χ2v) is 3.05. The van der Waals surface area contributed by atoms with Gasteiger partial charge in [0.25, 0.3) is 0 Å². The first-order valence-corrected chi connectivity index (χ1v) is 4.23. The van der Waals surface area contributed by atoms with Crippen molar-refractivity contribution in [2.75, 3.05) is 7.11 Å². The zero-order valence-electron chi connectivity index (χ0n) is 8.15. The number of methoxy groups -OCH3 is 1. The predicted molar refractivity (Wildman–Crippen MR) is 52.0 cm³/mol. The van der Waals surface area contributed by atoms with E-state index in [4.69, 9.17) is 5.73 Å². The van der Waals surface area contributed by atoms with E-state index in [1.165, 1.54) is 25.3 Å². The Morgan fingerprint density at radius 3 is 2.71 bits per heavy atom. The first-order chi connectivity index (χ1) is 6.56. The number of benzene rings is 1. The Hall–Kier alpha value is -1.55. The molecule has 0 aromatic heterocycles. The van der Waals surface area contributed by atoms with Crippen molar-refractivity contribution in [3.05, 3.63) is 29.3 Å². The maximum atomic E-state index is 11.2. The molecule has 0 unspecified atom stereocenters. The molecule has 0 heterocycles. The number of aromatic hydroxyl groups is 1. The molecule has 0 spiro atoms. The van der Waals surface area contributed by atoms with Gasteiger partial charge in [-0.2, -0.15) is 0 Å². The normalized spacial score (nSPS) is 12.2. The Morgan fingerprint density at radius 1 is 1.57 bits per heavy atom. The van der Waals surface area contributed by atoms with Gasteiger partial charge in [-0.1, -0.05) is 0 Å². The molecule has 3 N–H and O–H groups in total. The molecule has 4 heteroatoms. The summed E-state index contributed by atoms with van der Waals surface area (Å²) in [7, 11) is 1.31. The van der Waals surface area contributed by atoms with Crippen molar-refractivity contribution in [2.24, 2.45) is 5.73 Å². The molecule has 1 aromatic rings. The number of esters is 1. The standard InChI is InChI=1S/C10H13NO3/c1-6(11)8-5-7(10(13)14-2)3-4-9(8)12/h3-6,12H,11H2,1-2H3/t6-/m0/s1. The van der Waals surface area contributed by atoms with E-state index in [0.29, 0.717) is 11.1 Å². The Bertz CT molecular complexity index is 347. The first kappa shape index (κ1) is 10.5. The quantitative estimate of drug-likeness (QED) is 0.695. The van der Waals surface area contributed by atoms with E-state index in [1.54, 1.807) is 6.92 Å². The highest BCUT2D eigenvalue weighted by molar-refractivity contribution is 5.89. The van der Waals surface area contributed by atoms with Gasteiger partial charge in [0.05, 0.1) is 12.7 Å². The third kappa shape index (κ3) is 2.03. The molecule has 0 bridgehead atoms. The van der Waals surface area contributed by atoms with Gasteiger partial charge in [-0.05, 0) is 25.1 Å². The summed E-state index contributed by atoms with van der Waals surface area (Å²) >= 11 is 0. The second-order valence-electron chi connectivity index (χ2n) is 3.05. The summed E-state index contributed by atoms with van der Waals surface area (Å²) in [5.41, 5.74) is 6.53. The lowest BCUT2D eigenvalue weighted by atomic mass is 10.0. The number of ether oxygens (including phenoxy) is 1. The number of hydrogen-bond acceptors (Lipinski definition) is 4. The molecule has 76 valence electrons. The van der Waals surface area contributed by atoms with Crippen molar-refractivity contribution in [1.82, 2.24) is 0 Å². The number of hydrogen-bond donors (Lipinski definition) is 2. The lowest BCUT2D eigenvalue weighted by Gasteiger charge is -2.09. The summed E-state index contributed by atoms with van der Waals surface area (Å²) in [4.78, 5) is 11.2. The highest BCUT2D eigenvalue weighted by Gasteiger charge is 2.11. The third-order valence-electron chi connectivity index (χ3n) is 1.94. The second kappa shape index (κ2) is 4.11. The topological polar surface area (TPSA) is 72.5 Å². The molecule has 1 atom stereocenters. The van der Waals surface area contributed by atoms with E-state index in [2.05, 4.69) is 4.74 Å². The van der Waals surface area contributed by atoms with Crippen LogP contribution in [0.3, 0.4) is 0 Å². The van der Waals surface area contributed by atoms with E-state index in [1.807, 2.05) is 0 Å². The van der Waals surface area contributed by atoms with E-state index in [0.717, 1.165) is 0 Å². The van der Waals surface area contributed by atoms with Crippen LogP contribution in [0.25, 0.3) is 0 Å². The van der Waals surface area contributed by atoms with Crippen LogP contribution >= 0.6 is 0 Å². The lowest BCUT2D eigenvalue weighted by Crippen LogP contribution is -2.08. The van der Waals surface area contributed by atoms with Crippen LogP contribution in [0.4, 0.5) is 0 Å². The third-order valence-corrected chi connectivity index (χ3v) is 1.94. The number of carbonyl (C=O) groups excluding carboxylic acids is 1. The molecule has 0 amide bonds. The molecule has 0 fully saturated rings. The van der Waals surface area contributed by atoms with Gasteiger partial charge in [0.15, 0.2) is 0 Å². The highest BCUT2D eigenvalue weighted by Crippen LogP contribution is 2.23. The van der Waals surface area contributed by atoms with Crippen LogP contribution in [0.2, 0.25) is 0 Å². The van der Waals surface area contributed by atoms with E-state index >= 15 is 0 Å². The Balaban J connectivity index is 3.13. The smallest absolute Gasteiger partial charge is 0.337 e. The molecule has 0 saturated heterocycles. The number of nitrogens with two attached hydrogens (primary N) is 1. The molecule has 0 saturated carbocycles. The number of carbonyl (C=O) groups is 1. The summed E-state index contributed by atoms with van der Waals surface area (Å²) in [6.07, 6.45) is 0. The minimum absolute atomic E-state index is 0.0904. The van der Waals surface area contributed by atoms with Crippen LogP contribution < -0.4 is 5.73 Å². The minimum atomic E-state index is -0.438. The molecular weight excluding hydrogens is 182 g/mol. The molecular formula is C10H13NO3. The Kier molecular flexibility index (Phi) is 3.09. The zero-order chi connectivity index (χ0) is 10.7. The Labute approximate surface area is 82.3 Å². The van der Waals surface area contributed by atoms with Crippen molar-refractivity contribution < 1.29 is 14.6 Å². The molecule has 1 rings (SSSR count). The number of phenols is 1. The van der Waals surface area contributed by atoms with Gasteiger partial charge in [0.1, 0.15) is 5.75 Å². The fraction of sp³-hybridized carbons (Fsp3) is 0.300. The molecule has 4 nitrogen and oxygen atoms in total. The van der Waals surface area contributed by atoms with Gasteiger partial charge < -0.3 is 15.6 Å². The van der Waals surface area contributed by atoms with E-state index in [9.17, 15) is 9.90 Å². The van der Waals surface area contributed by atoms with Crippen LogP contribution in [0.1, 0.15) is 28.9 Å². The predicted octanol–water partition coefficient (Wildman–Crippen LogP) is 1.20. The number of rotatable bonds is 2. The molecule has 0 aliphatic carbocycles. The van der Waals surface area contributed by atoms with Crippen LogP contribution in [0, 0.1) is 0 Å². The monoisotopic (exact) mass is 195 g/mol. The van der Waals surface area contributed by atoms with Crippen LogP contribution in [0.15, 0.2) is 18.2 Å². The van der Waals surface area contributed by atoms with Crippen molar-refractivity contribution in [3.8, 4) is 5.75 Å². The average molecular weight is 195 g/mol. The van der Waals surface area contributed by atoms with Crippen LogP contribution in [0.5, 0.6) is 5.75 Å². The summed E-state index contributed by atoms with van der Waals surface area (Å²) < 4.78 is 4.55. The molecule has 0 aliphatic heterocycles. The maximum Gasteiger partial charge on any atom is 0.337 e. The van der Waals surface area contributed by atoms with E-state index in [-0.39, 0.29) is 11.8 Å². The van der Waals surface area contributed by atoms with Gasteiger partial charge in [-0.15, -0.1) is 0 Å². The summed E-state index contributed by atoms with van der Waals surface area (Å²) in [6, 6.07) is 4.14. The van der Waals surface area contributed by atoms with Gasteiger partial charge in [-0.3, -0.25) is 0 Å². The van der Waals surface area contributed by atoms with Crippen LogP contribution in [-0.4, -0.2) is 18.2 Å². The largest absolute Gasteiger partial charge is 0.508 e. The average Bonchev–Trinajstić information content (AvgIpc) is 2.17. The van der Waals surface area contributed by atoms with Crippen molar-refractivity contribution >= 4 is 5.97 Å². The summed E-state index contributed by atoms with van der Waals surface area (Å²) in [5, 5.41) is 9.43. The van der Waals surface area contributed by atoms with Gasteiger partial charge in [0.2, 0.25) is 0 Å². The van der Waals surface area contributed by atoms with E-state index < -0.39 is 5.97 Å². The molecule has 1 aromatic carbocycles. The van der Waals surface area contributed by atoms with Gasteiger partial charge in [-0.25, -0.2) is 4.79 Å². The Morgan fingerprint density at radius 2 is 2.21 bits per heavy atom. The maximum absolute atomic E-state index is 11.2. The minimum Gasteiger partial charge on any atom is -0.508 e. The fourth-order valence-corrected chi connectivity index (χ4v) is 1.16. The molecule has 0 radical (unpaired) electrons. The molecule has 14 heavy (non-hydrogen) atoms. The summed E-state index contributed by atoms with van der Waals surface area (Å²) in [5.74, 6) is -0.348. The molecule has 0 aliphatic rings. The fourth-order valence-electron chi connectivity index (χ4n) is 1.16. The van der Waals surface area contributed by atoms with Crippen molar-refractivity contribution in [2.45, 2.75) is 13.0 Å². The van der Waals surface area contributed by atoms with Gasteiger partial charge >= 0.3 is 5.97 Å². The number of phenolic OH excluding ortho intramolecular Hbond substituents is 1. The lowest BCUT2D eigenvalue weighted by molar-refractivity contribution is 0.0600. The highest BCUT2D eigenvalue weighted by atomic mass is 16.5. The summed E-state index contributed by atoms with van der Waals surface area (Å²) in [6.45, 7) is 1.73. The first-order valence-electron chi connectivity index (χ1n) is 4.23. The zero-order valence-corrected chi connectivity index (χ0v) is 8.15.